The first-order valence-electron chi connectivity index (χ1n) is 10.3. The molecule has 148 valence electrons. The van der Waals surface area contributed by atoms with E-state index in [1.165, 1.54) is 5.70 Å². The van der Waals surface area contributed by atoms with Crippen LogP contribution in [0.1, 0.15) is 61.8 Å². The summed E-state index contributed by atoms with van der Waals surface area (Å²) < 4.78 is 0. The van der Waals surface area contributed by atoms with Crippen LogP contribution in [0.4, 0.5) is 5.82 Å². The minimum absolute atomic E-state index is 0.0970. The van der Waals surface area contributed by atoms with Crippen molar-refractivity contribution in [2.45, 2.75) is 72.2 Å². The summed E-state index contributed by atoms with van der Waals surface area (Å²) in [4.78, 5) is 11.7. The smallest absolute Gasteiger partial charge is 0.166 e. The van der Waals surface area contributed by atoms with E-state index in [1.807, 2.05) is 45.7 Å². The van der Waals surface area contributed by atoms with Gasteiger partial charge in [-0.2, -0.15) is 0 Å². The highest BCUT2D eigenvalue weighted by Crippen LogP contribution is 2.65. The molecule has 1 aliphatic carbocycles. The molecule has 0 radical (unpaired) electrons. The van der Waals surface area contributed by atoms with Gasteiger partial charge in [0.05, 0.1) is 5.37 Å². The second kappa shape index (κ2) is 8.64. The van der Waals surface area contributed by atoms with Gasteiger partial charge in [-0.1, -0.05) is 84.5 Å². The monoisotopic (exact) mass is 385 g/mol. The Morgan fingerprint density at radius 1 is 1.11 bits per heavy atom. The molecule has 0 aromatic carbocycles. The standard InChI is InChI=1S/C19H23N3S.2C2H6/c1-5-10-19(4)13-8-6-7-9-14(13)22-15-16(21-12-11-20-15)23-17(22)18(19,2)3;2*1-2/h5-7,9-13,17H,8H2,1-4H3;2*1-2H3. The van der Waals surface area contributed by atoms with Crippen molar-refractivity contribution < 1.29 is 0 Å². The Labute approximate surface area is 170 Å². The number of aromatic nitrogens is 2. The summed E-state index contributed by atoms with van der Waals surface area (Å²) in [6.07, 6.45) is 16.1. The van der Waals surface area contributed by atoms with Gasteiger partial charge in [-0.3, -0.25) is 0 Å². The molecule has 3 heterocycles. The Morgan fingerprint density at radius 3 is 2.44 bits per heavy atom. The maximum atomic E-state index is 4.65. The summed E-state index contributed by atoms with van der Waals surface area (Å²) in [5.74, 6) is 1.51. The van der Waals surface area contributed by atoms with Crippen LogP contribution in [-0.4, -0.2) is 15.3 Å². The average Bonchev–Trinajstić information content (AvgIpc) is 3.11. The van der Waals surface area contributed by atoms with Gasteiger partial charge in [-0.15, -0.1) is 0 Å². The molecule has 0 amide bonds. The minimum atomic E-state index is 0.0970. The topological polar surface area (TPSA) is 29.0 Å². The molecule has 3 aliphatic rings. The lowest BCUT2D eigenvalue weighted by molar-refractivity contribution is 0.0603. The normalized spacial score (nSPS) is 29.5. The van der Waals surface area contributed by atoms with Gasteiger partial charge in [-0.05, 0) is 19.4 Å². The van der Waals surface area contributed by atoms with Crippen molar-refractivity contribution in [3.8, 4) is 0 Å². The van der Waals surface area contributed by atoms with Crippen LogP contribution in [0.2, 0.25) is 0 Å². The fraction of sp³-hybridized carbons (Fsp3) is 0.565. The van der Waals surface area contributed by atoms with Crippen LogP contribution in [0.25, 0.3) is 0 Å². The van der Waals surface area contributed by atoms with Crippen molar-refractivity contribution in [1.29, 1.82) is 0 Å². The molecule has 3 nitrogen and oxygen atoms in total. The molecule has 1 aromatic rings. The third-order valence-electron chi connectivity index (χ3n) is 5.99. The van der Waals surface area contributed by atoms with Crippen molar-refractivity contribution in [2.75, 3.05) is 4.90 Å². The van der Waals surface area contributed by atoms with Gasteiger partial charge in [-0.25, -0.2) is 9.97 Å². The first-order valence-corrected chi connectivity index (χ1v) is 11.2. The van der Waals surface area contributed by atoms with Gasteiger partial charge in [0.25, 0.3) is 0 Å². The zero-order valence-corrected chi connectivity index (χ0v) is 19.0. The zero-order chi connectivity index (χ0) is 20.2. The Hall–Kier alpha value is -1.55. The SMILES string of the molecule is CC.CC.CC=CC1(C)C2CC=CC=C2N2c3nccnc3SC2C1(C)C. The van der Waals surface area contributed by atoms with E-state index in [0.717, 1.165) is 17.3 Å². The number of piperidine rings is 1. The van der Waals surface area contributed by atoms with Crippen LogP contribution in [-0.2, 0) is 0 Å². The van der Waals surface area contributed by atoms with Gasteiger partial charge in [0.15, 0.2) is 5.82 Å². The quantitative estimate of drug-likeness (QED) is 0.494. The molecule has 0 bridgehead atoms. The predicted molar refractivity (Wildman–Crippen MR) is 119 cm³/mol. The molecule has 1 aromatic heterocycles. The summed E-state index contributed by atoms with van der Waals surface area (Å²) in [6, 6.07) is 0. The molecule has 0 N–H and O–H groups in total. The highest BCUT2D eigenvalue weighted by molar-refractivity contribution is 8.00. The second-order valence-corrected chi connectivity index (χ2v) is 8.41. The van der Waals surface area contributed by atoms with Crippen LogP contribution in [0.15, 0.2) is 53.5 Å². The largest absolute Gasteiger partial charge is 0.314 e. The Kier molecular flexibility index (Phi) is 6.96. The van der Waals surface area contributed by atoms with E-state index < -0.39 is 0 Å². The Bertz CT molecular complexity index is 735. The van der Waals surface area contributed by atoms with Crippen LogP contribution < -0.4 is 4.90 Å². The lowest BCUT2D eigenvalue weighted by Gasteiger charge is -2.59. The fourth-order valence-corrected chi connectivity index (χ4v) is 5.84. The number of hydrogen-bond donors (Lipinski definition) is 0. The van der Waals surface area contributed by atoms with E-state index in [9.17, 15) is 0 Å². The van der Waals surface area contributed by atoms with E-state index in [0.29, 0.717) is 11.3 Å². The molecule has 0 saturated carbocycles. The third kappa shape index (κ3) is 3.26. The number of nitrogens with zero attached hydrogens (tertiary/aromatic N) is 3. The first-order chi connectivity index (χ1) is 13.0. The van der Waals surface area contributed by atoms with Crippen molar-refractivity contribution in [1.82, 2.24) is 9.97 Å². The molecule has 4 heteroatoms. The summed E-state index contributed by atoms with van der Waals surface area (Å²) in [7, 11) is 0. The number of fused-ring (bicyclic) bond motifs is 5. The summed E-state index contributed by atoms with van der Waals surface area (Å²) in [5, 5.41) is 1.39. The van der Waals surface area contributed by atoms with Crippen molar-refractivity contribution >= 4 is 17.6 Å². The third-order valence-corrected chi connectivity index (χ3v) is 7.52. The lowest BCUT2D eigenvalue weighted by atomic mass is 9.55. The first kappa shape index (κ1) is 21.7. The van der Waals surface area contributed by atoms with Crippen LogP contribution in [0.5, 0.6) is 0 Å². The number of allylic oxidation sites excluding steroid dienone is 6. The minimum Gasteiger partial charge on any atom is -0.314 e. The van der Waals surface area contributed by atoms with E-state index in [-0.39, 0.29) is 10.8 Å². The molecule has 0 spiro atoms. The van der Waals surface area contributed by atoms with Gasteiger partial charge in [0.1, 0.15) is 5.03 Å². The predicted octanol–water partition coefficient (Wildman–Crippen LogP) is 6.85. The van der Waals surface area contributed by atoms with Crippen LogP contribution in [0.3, 0.4) is 0 Å². The van der Waals surface area contributed by atoms with Crippen molar-refractivity contribution in [2.24, 2.45) is 16.7 Å². The number of rotatable bonds is 1. The van der Waals surface area contributed by atoms with Crippen molar-refractivity contribution in [3.05, 3.63) is 48.5 Å². The van der Waals surface area contributed by atoms with Gasteiger partial charge in [0.2, 0.25) is 0 Å². The summed E-state index contributed by atoms with van der Waals surface area (Å²) >= 11 is 1.86. The Morgan fingerprint density at radius 2 is 1.78 bits per heavy atom. The number of anilines is 1. The number of hydrogen-bond acceptors (Lipinski definition) is 4. The second-order valence-electron chi connectivity index (χ2n) is 7.34. The van der Waals surface area contributed by atoms with E-state index in [1.54, 1.807) is 6.20 Å². The maximum Gasteiger partial charge on any atom is 0.166 e. The lowest BCUT2D eigenvalue weighted by Crippen LogP contribution is -2.59. The molecule has 4 rings (SSSR count). The molecular weight excluding hydrogens is 350 g/mol. The average molecular weight is 386 g/mol. The van der Waals surface area contributed by atoms with Crippen molar-refractivity contribution in [3.63, 3.8) is 0 Å². The van der Waals surface area contributed by atoms with Gasteiger partial charge >= 0.3 is 0 Å². The van der Waals surface area contributed by atoms with E-state index in [2.05, 4.69) is 72.9 Å². The van der Waals surface area contributed by atoms with Gasteiger partial charge < -0.3 is 4.90 Å². The highest BCUT2D eigenvalue weighted by Gasteiger charge is 2.60. The number of thioether (sulfide) groups is 1. The molecule has 3 unspecified atom stereocenters. The van der Waals surface area contributed by atoms with Crippen LogP contribution in [0, 0.1) is 16.7 Å². The zero-order valence-electron chi connectivity index (χ0n) is 18.2. The summed E-state index contributed by atoms with van der Waals surface area (Å²) in [5.41, 5.74) is 1.60. The molecule has 2 aliphatic heterocycles. The fourth-order valence-electron chi connectivity index (χ4n) is 4.37. The molecule has 1 saturated heterocycles. The summed E-state index contributed by atoms with van der Waals surface area (Å²) in [6.45, 7) is 17.4. The highest BCUT2D eigenvalue weighted by atomic mass is 32.2. The molecule has 1 fully saturated rings. The Balaban J connectivity index is 0.000000614. The molecule has 3 atom stereocenters. The van der Waals surface area contributed by atoms with Crippen LogP contribution >= 0.6 is 11.8 Å². The van der Waals surface area contributed by atoms with Gasteiger partial charge in [0, 0.05) is 34.8 Å². The molecule has 27 heavy (non-hydrogen) atoms. The maximum absolute atomic E-state index is 4.65. The van der Waals surface area contributed by atoms with E-state index in [4.69, 9.17) is 0 Å². The molecular formula is C23H35N3S. The van der Waals surface area contributed by atoms with E-state index >= 15 is 0 Å².